The van der Waals surface area contributed by atoms with Crippen LogP contribution >= 0.6 is 31.9 Å². The van der Waals surface area contributed by atoms with Gasteiger partial charge in [0.15, 0.2) is 0 Å². The minimum absolute atomic E-state index is 0.0418. The van der Waals surface area contributed by atoms with E-state index < -0.39 is 0 Å². The van der Waals surface area contributed by atoms with Crippen LogP contribution < -0.4 is 5.32 Å². The first-order valence-electron chi connectivity index (χ1n) is 6.49. The Hall–Kier alpha value is -1.13. The molecule has 2 aromatic rings. The number of nitrogens with one attached hydrogen (secondary N) is 1. The number of fused-ring (bicyclic) bond motifs is 1. The van der Waals surface area contributed by atoms with Crippen molar-refractivity contribution < 1.29 is 4.79 Å². The molecule has 1 aliphatic carbocycles. The van der Waals surface area contributed by atoms with Gasteiger partial charge in [-0.25, -0.2) is 0 Å². The van der Waals surface area contributed by atoms with Gasteiger partial charge < -0.3 is 5.32 Å². The highest BCUT2D eigenvalue weighted by atomic mass is 79.9. The Morgan fingerprint density at radius 2 is 1.95 bits per heavy atom. The lowest BCUT2D eigenvalue weighted by atomic mass is 10.1. The summed E-state index contributed by atoms with van der Waals surface area (Å²) in [6.07, 6.45) is 2.00. The van der Waals surface area contributed by atoms with Crippen LogP contribution in [0.25, 0.3) is 0 Å². The molecular formula is C16H13Br2NO. The molecule has 0 aromatic heterocycles. The summed E-state index contributed by atoms with van der Waals surface area (Å²) >= 11 is 6.83. The fourth-order valence-corrected chi connectivity index (χ4v) is 3.40. The fourth-order valence-electron chi connectivity index (χ4n) is 2.61. The number of carbonyl (C=O) groups excluding carboxylic acids is 1. The lowest BCUT2D eigenvalue weighted by Gasteiger charge is -2.15. The molecule has 3 rings (SSSR count). The van der Waals surface area contributed by atoms with Crippen LogP contribution in [-0.2, 0) is 6.42 Å². The first-order valence-corrected chi connectivity index (χ1v) is 8.07. The van der Waals surface area contributed by atoms with Gasteiger partial charge in [0.05, 0.1) is 11.6 Å². The molecule has 1 aliphatic rings. The molecule has 4 heteroatoms. The Kier molecular flexibility index (Phi) is 3.94. The molecule has 0 saturated carbocycles. The zero-order valence-corrected chi connectivity index (χ0v) is 13.9. The first kappa shape index (κ1) is 13.8. The van der Waals surface area contributed by atoms with Gasteiger partial charge in [-0.15, -0.1) is 0 Å². The third-order valence-electron chi connectivity index (χ3n) is 3.61. The van der Waals surface area contributed by atoms with E-state index in [0.29, 0.717) is 5.56 Å². The van der Waals surface area contributed by atoms with Crippen LogP contribution in [-0.4, -0.2) is 5.91 Å². The van der Waals surface area contributed by atoms with Crippen LogP contribution in [0.2, 0.25) is 0 Å². The van der Waals surface area contributed by atoms with Crippen molar-refractivity contribution in [2.24, 2.45) is 0 Å². The Morgan fingerprint density at radius 1 is 1.15 bits per heavy atom. The van der Waals surface area contributed by atoms with E-state index in [-0.39, 0.29) is 11.9 Å². The Bertz CT molecular complexity index is 669. The average molecular weight is 395 g/mol. The van der Waals surface area contributed by atoms with Crippen molar-refractivity contribution in [3.05, 3.63) is 68.1 Å². The van der Waals surface area contributed by atoms with Crippen molar-refractivity contribution in [3.8, 4) is 0 Å². The molecule has 0 aliphatic heterocycles. The maximum Gasteiger partial charge on any atom is 0.252 e. The molecule has 2 aromatic carbocycles. The summed E-state index contributed by atoms with van der Waals surface area (Å²) in [7, 11) is 0. The molecule has 20 heavy (non-hydrogen) atoms. The fraction of sp³-hybridized carbons (Fsp3) is 0.188. The highest BCUT2D eigenvalue weighted by Crippen LogP contribution is 2.31. The van der Waals surface area contributed by atoms with E-state index >= 15 is 0 Å². The van der Waals surface area contributed by atoms with Crippen molar-refractivity contribution >= 4 is 37.8 Å². The van der Waals surface area contributed by atoms with Gasteiger partial charge in [0.1, 0.15) is 0 Å². The topological polar surface area (TPSA) is 29.1 Å². The molecule has 0 fully saturated rings. The molecular weight excluding hydrogens is 382 g/mol. The SMILES string of the molecule is O=C(NC1CCc2ccccc21)c1cc(Br)ccc1Br. The van der Waals surface area contributed by atoms with Crippen molar-refractivity contribution in [2.45, 2.75) is 18.9 Å². The van der Waals surface area contributed by atoms with E-state index in [1.807, 2.05) is 30.3 Å². The maximum atomic E-state index is 12.4. The quantitative estimate of drug-likeness (QED) is 0.790. The molecule has 0 spiro atoms. The van der Waals surface area contributed by atoms with E-state index in [1.54, 1.807) is 0 Å². The monoisotopic (exact) mass is 393 g/mol. The molecule has 0 radical (unpaired) electrons. The largest absolute Gasteiger partial charge is 0.345 e. The van der Waals surface area contributed by atoms with Crippen LogP contribution in [0.1, 0.15) is 33.9 Å². The van der Waals surface area contributed by atoms with E-state index in [9.17, 15) is 4.79 Å². The zero-order chi connectivity index (χ0) is 14.1. The van der Waals surface area contributed by atoms with Crippen LogP contribution in [0.3, 0.4) is 0 Å². The highest BCUT2D eigenvalue weighted by Gasteiger charge is 2.24. The summed E-state index contributed by atoms with van der Waals surface area (Å²) < 4.78 is 1.71. The van der Waals surface area contributed by atoms with E-state index in [4.69, 9.17) is 0 Å². The van der Waals surface area contributed by atoms with E-state index in [1.165, 1.54) is 11.1 Å². The number of hydrogen-bond donors (Lipinski definition) is 1. The van der Waals surface area contributed by atoms with Gasteiger partial charge in [0.25, 0.3) is 5.91 Å². The Morgan fingerprint density at radius 3 is 2.80 bits per heavy atom. The predicted molar refractivity (Wildman–Crippen MR) is 86.8 cm³/mol. The van der Waals surface area contributed by atoms with E-state index in [2.05, 4.69) is 49.3 Å². The summed E-state index contributed by atoms with van der Waals surface area (Å²) in [5, 5.41) is 3.13. The smallest absolute Gasteiger partial charge is 0.252 e. The van der Waals surface area contributed by atoms with Gasteiger partial charge in [-0.1, -0.05) is 40.2 Å². The molecule has 1 atom stereocenters. The van der Waals surface area contributed by atoms with Crippen molar-refractivity contribution in [1.82, 2.24) is 5.32 Å². The van der Waals surface area contributed by atoms with Crippen molar-refractivity contribution in [1.29, 1.82) is 0 Å². The second-order valence-electron chi connectivity index (χ2n) is 4.89. The van der Waals surface area contributed by atoms with Crippen LogP contribution in [0, 0.1) is 0 Å². The molecule has 102 valence electrons. The predicted octanol–water partition coefficient (Wildman–Crippen LogP) is 4.63. The van der Waals surface area contributed by atoms with Crippen LogP contribution in [0.5, 0.6) is 0 Å². The standard InChI is InChI=1S/C16H13Br2NO/c17-11-6-7-14(18)13(9-11)16(20)19-15-8-5-10-3-1-2-4-12(10)15/h1-4,6-7,9,15H,5,8H2,(H,19,20). The summed E-state index contributed by atoms with van der Waals surface area (Å²) in [5.74, 6) is -0.0418. The zero-order valence-electron chi connectivity index (χ0n) is 10.7. The minimum Gasteiger partial charge on any atom is -0.345 e. The maximum absolute atomic E-state index is 12.4. The minimum atomic E-state index is -0.0418. The number of benzene rings is 2. The number of halogens is 2. The summed E-state index contributed by atoms with van der Waals surface area (Å²) in [6.45, 7) is 0. The summed E-state index contributed by atoms with van der Waals surface area (Å²) in [5.41, 5.74) is 3.24. The van der Waals surface area contributed by atoms with Gasteiger partial charge in [-0.3, -0.25) is 4.79 Å². The van der Waals surface area contributed by atoms with Gasteiger partial charge in [-0.2, -0.15) is 0 Å². The molecule has 1 amide bonds. The molecule has 0 bridgehead atoms. The van der Waals surface area contributed by atoms with E-state index in [0.717, 1.165) is 21.8 Å². The van der Waals surface area contributed by atoms with Gasteiger partial charge in [-0.05, 0) is 58.1 Å². The number of rotatable bonds is 2. The lowest BCUT2D eigenvalue weighted by Crippen LogP contribution is -2.27. The third-order valence-corrected chi connectivity index (χ3v) is 4.80. The molecule has 0 saturated heterocycles. The summed E-state index contributed by atoms with van der Waals surface area (Å²) in [4.78, 5) is 12.4. The molecule has 2 nitrogen and oxygen atoms in total. The van der Waals surface area contributed by atoms with Crippen molar-refractivity contribution in [2.75, 3.05) is 0 Å². The normalized spacial score (nSPS) is 16.8. The molecule has 0 heterocycles. The van der Waals surface area contributed by atoms with Gasteiger partial charge in [0, 0.05) is 8.95 Å². The lowest BCUT2D eigenvalue weighted by molar-refractivity contribution is 0.0936. The Balaban J connectivity index is 1.82. The average Bonchev–Trinajstić information content (AvgIpc) is 2.85. The highest BCUT2D eigenvalue weighted by molar-refractivity contribution is 9.11. The second-order valence-corrected chi connectivity index (χ2v) is 6.66. The Labute approximate surface area is 134 Å². The van der Waals surface area contributed by atoms with Gasteiger partial charge >= 0.3 is 0 Å². The molecule has 1 unspecified atom stereocenters. The van der Waals surface area contributed by atoms with Crippen LogP contribution in [0.4, 0.5) is 0 Å². The number of hydrogen-bond acceptors (Lipinski definition) is 1. The summed E-state index contributed by atoms with van der Waals surface area (Å²) in [6, 6.07) is 14.0. The number of amides is 1. The first-order chi connectivity index (χ1) is 9.65. The number of carbonyl (C=O) groups is 1. The second kappa shape index (κ2) is 5.70. The molecule has 1 N–H and O–H groups in total. The van der Waals surface area contributed by atoms with Crippen LogP contribution in [0.15, 0.2) is 51.4 Å². The van der Waals surface area contributed by atoms with Gasteiger partial charge in [0.2, 0.25) is 0 Å². The third kappa shape index (κ3) is 2.67. The van der Waals surface area contributed by atoms with Crippen molar-refractivity contribution in [3.63, 3.8) is 0 Å². The number of aryl methyl sites for hydroxylation is 1.